The van der Waals surface area contributed by atoms with Crippen molar-refractivity contribution in [1.29, 1.82) is 5.26 Å². The number of alkyl halides is 3. The summed E-state index contributed by atoms with van der Waals surface area (Å²) in [5, 5.41) is 11.5. The van der Waals surface area contributed by atoms with Crippen molar-refractivity contribution in [3.63, 3.8) is 0 Å². The summed E-state index contributed by atoms with van der Waals surface area (Å²) in [5.74, 6) is -0.117. The van der Waals surface area contributed by atoms with Crippen molar-refractivity contribution in [1.82, 2.24) is 5.32 Å². The van der Waals surface area contributed by atoms with E-state index in [1.54, 1.807) is 18.2 Å². The summed E-state index contributed by atoms with van der Waals surface area (Å²) >= 11 is 0. The fourth-order valence-electron chi connectivity index (χ4n) is 1.76. The quantitative estimate of drug-likeness (QED) is 0.692. The van der Waals surface area contributed by atoms with Crippen molar-refractivity contribution in [3.05, 3.63) is 65.1 Å². The molecule has 0 aliphatic carbocycles. The van der Waals surface area contributed by atoms with E-state index in [4.69, 9.17) is 9.68 Å². The lowest BCUT2D eigenvalue weighted by atomic mass is 10.1. The van der Waals surface area contributed by atoms with E-state index in [1.165, 1.54) is 24.5 Å². The smallest absolute Gasteiger partial charge is 0.416 e. The van der Waals surface area contributed by atoms with Crippen LogP contribution in [0.4, 0.5) is 13.2 Å². The third-order valence-electron chi connectivity index (χ3n) is 2.92. The zero-order valence-electron chi connectivity index (χ0n) is 11.7. The van der Waals surface area contributed by atoms with E-state index >= 15 is 0 Å². The molecule has 4 nitrogen and oxygen atoms in total. The number of carbonyl (C=O) groups excluding carboxylic acids is 1. The average Bonchev–Trinajstić information content (AvgIpc) is 3.03. The zero-order chi connectivity index (χ0) is 16.9. The van der Waals surface area contributed by atoms with Crippen LogP contribution in [-0.4, -0.2) is 5.91 Å². The van der Waals surface area contributed by atoms with Crippen molar-refractivity contribution in [2.45, 2.75) is 12.7 Å². The standard InChI is InChI=1S/C16H11F3N2O2/c17-16(18,19)13-5-3-11(4-6-13)8-12(9-20)15(22)21-10-14-2-1-7-23-14/h1-8H,10H2,(H,21,22). The molecule has 1 N–H and O–H groups in total. The van der Waals surface area contributed by atoms with Gasteiger partial charge >= 0.3 is 6.18 Å². The van der Waals surface area contributed by atoms with Gasteiger partial charge in [0.25, 0.3) is 5.91 Å². The van der Waals surface area contributed by atoms with E-state index in [9.17, 15) is 18.0 Å². The number of nitrogens with one attached hydrogen (secondary N) is 1. The third-order valence-corrected chi connectivity index (χ3v) is 2.92. The number of rotatable bonds is 4. The fourth-order valence-corrected chi connectivity index (χ4v) is 1.76. The van der Waals surface area contributed by atoms with Gasteiger partial charge in [-0.15, -0.1) is 0 Å². The first kappa shape index (κ1) is 16.4. The summed E-state index contributed by atoms with van der Waals surface area (Å²) in [7, 11) is 0. The van der Waals surface area contributed by atoms with E-state index in [2.05, 4.69) is 5.32 Å². The molecule has 118 valence electrons. The Labute approximate surface area is 129 Å². The van der Waals surface area contributed by atoms with Crippen LogP contribution in [0.5, 0.6) is 0 Å². The first-order valence-corrected chi connectivity index (χ1v) is 6.50. The van der Waals surface area contributed by atoms with Gasteiger partial charge in [-0.3, -0.25) is 4.79 Å². The number of amides is 1. The molecule has 0 atom stereocenters. The molecule has 23 heavy (non-hydrogen) atoms. The summed E-state index contributed by atoms with van der Waals surface area (Å²) in [4.78, 5) is 11.9. The minimum absolute atomic E-state index is 0.109. The van der Waals surface area contributed by atoms with Crippen LogP contribution in [0.25, 0.3) is 6.08 Å². The van der Waals surface area contributed by atoms with Crippen molar-refractivity contribution in [2.24, 2.45) is 0 Å². The average molecular weight is 320 g/mol. The summed E-state index contributed by atoms with van der Waals surface area (Å²) in [5.41, 5.74) is -0.686. The van der Waals surface area contributed by atoms with Crippen LogP contribution >= 0.6 is 0 Å². The van der Waals surface area contributed by atoms with Crippen LogP contribution in [0.15, 0.2) is 52.7 Å². The molecule has 0 unspecified atom stereocenters. The SMILES string of the molecule is N#CC(=Cc1ccc(C(F)(F)F)cc1)C(=O)NCc1ccco1. The van der Waals surface area contributed by atoms with Crippen LogP contribution in [0, 0.1) is 11.3 Å². The second-order valence-electron chi connectivity index (χ2n) is 4.55. The monoisotopic (exact) mass is 320 g/mol. The first-order chi connectivity index (χ1) is 10.9. The zero-order valence-corrected chi connectivity index (χ0v) is 11.7. The van der Waals surface area contributed by atoms with E-state index in [-0.39, 0.29) is 12.1 Å². The van der Waals surface area contributed by atoms with Crippen molar-refractivity contribution in [3.8, 4) is 6.07 Å². The molecule has 1 aromatic heterocycles. The predicted molar refractivity (Wildman–Crippen MR) is 75.6 cm³/mol. The molecule has 0 spiro atoms. The summed E-state index contributed by atoms with van der Waals surface area (Å²) < 4.78 is 42.4. The molecule has 2 aromatic rings. The molecule has 0 aliphatic rings. The highest BCUT2D eigenvalue weighted by atomic mass is 19.4. The van der Waals surface area contributed by atoms with Gasteiger partial charge in [-0.25, -0.2) is 0 Å². The van der Waals surface area contributed by atoms with Gasteiger partial charge in [0.15, 0.2) is 0 Å². The Morgan fingerprint density at radius 3 is 2.48 bits per heavy atom. The van der Waals surface area contributed by atoms with Crippen LogP contribution in [0.1, 0.15) is 16.9 Å². The Bertz CT molecular complexity index is 739. The Kier molecular flexibility index (Phi) is 4.86. The van der Waals surface area contributed by atoms with Gasteiger partial charge in [-0.05, 0) is 35.9 Å². The van der Waals surface area contributed by atoms with Gasteiger partial charge in [0, 0.05) is 0 Å². The molecule has 1 aromatic carbocycles. The Morgan fingerprint density at radius 2 is 1.96 bits per heavy atom. The van der Waals surface area contributed by atoms with Gasteiger partial charge in [0.2, 0.25) is 0 Å². The number of furan rings is 1. The number of halogens is 3. The molecule has 7 heteroatoms. The van der Waals surface area contributed by atoms with Gasteiger partial charge in [0.05, 0.1) is 18.4 Å². The molecule has 0 bridgehead atoms. The minimum atomic E-state index is -4.43. The van der Waals surface area contributed by atoms with Crippen LogP contribution in [-0.2, 0) is 17.5 Å². The predicted octanol–water partition coefficient (Wildman–Crippen LogP) is 3.52. The maximum Gasteiger partial charge on any atom is 0.416 e. The Hall–Kier alpha value is -3.01. The number of hydrogen-bond acceptors (Lipinski definition) is 3. The molecule has 1 amide bonds. The fraction of sp³-hybridized carbons (Fsp3) is 0.125. The topological polar surface area (TPSA) is 66.0 Å². The largest absolute Gasteiger partial charge is 0.467 e. The van der Waals surface area contributed by atoms with E-state index in [0.717, 1.165) is 12.1 Å². The summed E-state index contributed by atoms with van der Waals surface area (Å²) in [6.45, 7) is 0.109. The molecule has 1 heterocycles. The highest BCUT2D eigenvalue weighted by Crippen LogP contribution is 2.29. The molecule has 0 saturated heterocycles. The van der Waals surface area contributed by atoms with Gasteiger partial charge < -0.3 is 9.73 Å². The molecule has 0 fully saturated rings. The van der Waals surface area contributed by atoms with Crippen molar-refractivity contribution >= 4 is 12.0 Å². The Morgan fingerprint density at radius 1 is 1.26 bits per heavy atom. The molecule has 0 saturated carbocycles. The number of nitriles is 1. The minimum Gasteiger partial charge on any atom is -0.467 e. The number of carbonyl (C=O) groups is 1. The molecule has 0 radical (unpaired) electrons. The third kappa shape index (κ3) is 4.48. The van der Waals surface area contributed by atoms with Gasteiger partial charge in [0.1, 0.15) is 17.4 Å². The number of hydrogen-bond donors (Lipinski definition) is 1. The Balaban J connectivity index is 2.08. The molecule has 0 aliphatic heterocycles. The lowest BCUT2D eigenvalue weighted by Gasteiger charge is -2.06. The van der Waals surface area contributed by atoms with E-state index in [1.807, 2.05) is 0 Å². The number of nitrogens with zero attached hydrogens (tertiary/aromatic N) is 1. The molecular weight excluding hydrogens is 309 g/mol. The maximum absolute atomic E-state index is 12.5. The summed E-state index contributed by atoms with van der Waals surface area (Å²) in [6.07, 6.45) is -1.76. The summed E-state index contributed by atoms with van der Waals surface area (Å²) in [6, 6.07) is 9.21. The highest BCUT2D eigenvalue weighted by molar-refractivity contribution is 6.01. The van der Waals surface area contributed by atoms with Gasteiger partial charge in [-0.1, -0.05) is 12.1 Å². The maximum atomic E-state index is 12.5. The first-order valence-electron chi connectivity index (χ1n) is 6.50. The van der Waals surface area contributed by atoms with Gasteiger partial charge in [-0.2, -0.15) is 18.4 Å². The van der Waals surface area contributed by atoms with Crippen LogP contribution in [0.2, 0.25) is 0 Å². The van der Waals surface area contributed by atoms with Crippen LogP contribution in [0.3, 0.4) is 0 Å². The second-order valence-corrected chi connectivity index (χ2v) is 4.55. The number of benzene rings is 1. The lowest BCUT2D eigenvalue weighted by Crippen LogP contribution is -2.23. The van der Waals surface area contributed by atoms with Crippen molar-refractivity contribution < 1.29 is 22.4 Å². The second kappa shape index (κ2) is 6.83. The van der Waals surface area contributed by atoms with E-state index in [0.29, 0.717) is 11.3 Å². The normalized spacial score (nSPS) is 11.8. The molecular formula is C16H11F3N2O2. The van der Waals surface area contributed by atoms with Crippen LogP contribution < -0.4 is 5.32 Å². The lowest BCUT2D eigenvalue weighted by molar-refractivity contribution is -0.137. The van der Waals surface area contributed by atoms with E-state index < -0.39 is 17.6 Å². The highest BCUT2D eigenvalue weighted by Gasteiger charge is 2.29. The molecule has 2 rings (SSSR count). The van der Waals surface area contributed by atoms with Crippen molar-refractivity contribution in [2.75, 3.05) is 0 Å².